The van der Waals surface area contributed by atoms with E-state index in [1.54, 1.807) is 43.3 Å². The molecule has 7 nitrogen and oxygen atoms in total. The molecule has 0 unspecified atom stereocenters. The average Bonchev–Trinajstić information content (AvgIpc) is 3.74. The first-order chi connectivity index (χ1) is 17.9. The lowest BCUT2D eigenvalue weighted by Gasteiger charge is -2.18. The molecule has 1 saturated carbocycles. The summed E-state index contributed by atoms with van der Waals surface area (Å²) in [5, 5.41) is 2.32. The third kappa shape index (κ3) is 5.21. The quantitative estimate of drug-likeness (QED) is 0.320. The summed E-state index contributed by atoms with van der Waals surface area (Å²) in [5.41, 5.74) is 0.589. The van der Waals surface area contributed by atoms with Crippen molar-refractivity contribution >= 4 is 38.4 Å². The van der Waals surface area contributed by atoms with Gasteiger partial charge in [0.1, 0.15) is 5.69 Å². The Morgan fingerprint density at radius 2 is 1.74 bits per heavy atom. The number of fused-ring (bicyclic) bond motifs is 1. The van der Waals surface area contributed by atoms with Crippen LogP contribution in [0, 0.1) is 0 Å². The van der Waals surface area contributed by atoms with Gasteiger partial charge in [0, 0.05) is 11.8 Å². The average molecular weight is 561 g/mol. The largest absolute Gasteiger partial charge is 0.416 e. The molecule has 38 heavy (non-hydrogen) atoms. The van der Waals surface area contributed by atoms with Crippen molar-refractivity contribution in [3.05, 3.63) is 82.6 Å². The summed E-state index contributed by atoms with van der Waals surface area (Å²) < 4.78 is 66.2. The summed E-state index contributed by atoms with van der Waals surface area (Å²) in [6.07, 6.45) is -2.66. The van der Waals surface area contributed by atoms with Gasteiger partial charge >= 0.3 is 6.18 Å². The Labute approximate surface area is 221 Å². The molecule has 1 aliphatic rings. The lowest BCUT2D eigenvalue weighted by atomic mass is 10.1. The molecule has 1 fully saturated rings. The maximum Gasteiger partial charge on any atom is 0.416 e. The molecule has 0 spiro atoms. The predicted octanol–water partition coefficient (Wildman–Crippen LogP) is 5.79. The molecule has 1 atom stereocenters. The Balaban J connectivity index is 1.54. The monoisotopic (exact) mass is 560 g/mol. The number of aromatic nitrogens is 3. The Kier molecular flexibility index (Phi) is 6.60. The van der Waals surface area contributed by atoms with E-state index in [1.807, 2.05) is 0 Å². The van der Waals surface area contributed by atoms with Gasteiger partial charge in [-0.2, -0.15) is 13.2 Å². The first kappa shape index (κ1) is 26.1. The Morgan fingerprint density at radius 3 is 2.34 bits per heavy atom. The Morgan fingerprint density at radius 1 is 1.05 bits per heavy atom. The molecule has 0 radical (unpaired) electrons. The fraction of sp³-hybridized carbons (Fsp3) is 0.231. The van der Waals surface area contributed by atoms with Gasteiger partial charge in [0.25, 0.3) is 5.91 Å². The number of alkyl halides is 3. The molecule has 5 rings (SSSR count). The molecule has 12 heteroatoms. The number of nitrogens with zero attached hydrogens (tertiary/aromatic N) is 3. The third-order valence-corrected chi connectivity index (χ3v) is 8.58. The number of carbonyl (C=O) groups is 1. The lowest BCUT2D eigenvalue weighted by Crippen LogP contribution is -2.28. The Bertz CT molecular complexity index is 1660. The molecule has 0 bridgehead atoms. The molecular weight excluding hydrogens is 541 g/mol. The standard InChI is InChI=1S/C26H20ClF3N4O3S/c1-14(23-24(22-9-6-17(27)13-31-22)34-21-5-3-2-4-20(21)33-23)32-25(35)15-10-16(26(28,29)30)12-19(11-15)38(36,37)18-7-8-18/h2-6,9-14,18H,7-8H2,1H3,(H,32,35)/t14-/m0/s1. The number of hydrogen-bond donors (Lipinski definition) is 1. The van der Waals surface area contributed by atoms with Crippen molar-refractivity contribution in [2.24, 2.45) is 0 Å². The third-order valence-electron chi connectivity index (χ3n) is 6.11. The van der Waals surface area contributed by atoms with Crippen LogP contribution in [0.4, 0.5) is 13.2 Å². The van der Waals surface area contributed by atoms with Gasteiger partial charge in [-0.25, -0.2) is 18.4 Å². The zero-order valence-corrected chi connectivity index (χ0v) is 21.4. The van der Waals surface area contributed by atoms with E-state index in [0.29, 0.717) is 58.1 Å². The van der Waals surface area contributed by atoms with Crippen LogP contribution in [0.15, 0.2) is 65.7 Å². The fourth-order valence-corrected chi connectivity index (χ4v) is 5.83. The number of halogens is 4. The van der Waals surface area contributed by atoms with E-state index in [1.165, 1.54) is 6.20 Å². The fourth-order valence-electron chi connectivity index (χ4n) is 4.00. The second-order valence-corrected chi connectivity index (χ2v) is 11.7. The zero-order chi connectivity index (χ0) is 27.2. The van der Waals surface area contributed by atoms with E-state index in [0.717, 1.165) is 6.07 Å². The topological polar surface area (TPSA) is 102 Å². The smallest absolute Gasteiger partial charge is 0.344 e. The van der Waals surface area contributed by atoms with Crippen LogP contribution < -0.4 is 5.32 Å². The number of pyridine rings is 1. The van der Waals surface area contributed by atoms with Crippen molar-refractivity contribution in [1.82, 2.24) is 20.3 Å². The highest BCUT2D eigenvalue weighted by atomic mass is 35.5. The molecule has 1 aliphatic carbocycles. The van der Waals surface area contributed by atoms with Gasteiger partial charge in [-0.05, 0) is 62.2 Å². The summed E-state index contributed by atoms with van der Waals surface area (Å²) in [6, 6.07) is 11.7. The zero-order valence-electron chi connectivity index (χ0n) is 19.8. The van der Waals surface area contributed by atoms with E-state index in [9.17, 15) is 26.4 Å². The van der Waals surface area contributed by atoms with Crippen LogP contribution in [-0.4, -0.2) is 34.5 Å². The second kappa shape index (κ2) is 9.63. The molecule has 2 heterocycles. The minimum absolute atomic E-state index is 0.324. The highest BCUT2D eigenvalue weighted by Crippen LogP contribution is 2.37. The minimum atomic E-state index is -4.84. The molecule has 0 saturated heterocycles. The molecule has 196 valence electrons. The van der Waals surface area contributed by atoms with Gasteiger partial charge in [0.15, 0.2) is 9.84 Å². The number of carbonyl (C=O) groups excluding carboxylic acids is 1. The van der Waals surface area contributed by atoms with Crippen molar-refractivity contribution in [1.29, 1.82) is 0 Å². The summed E-state index contributed by atoms with van der Waals surface area (Å²) in [4.78, 5) is 26.2. The van der Waals surface area contributed by atoms with E-state index >= 15 is 0 Å². The highest BCUT2D eigenvalue weighted by Gasteiger charge is 2.39. The van der Waals surface area contributed by atoms with Gasteiger partial charge in [-0.1, -0.05) is 23.7 Å². The van der Waals surface area contributed by atoms with Crippen molar-refractivity contribution in [2.75, 3.05) is 0 Å². The van der Waals surface area contributed by atoms with Crippen LogP contribution in [0.25, 0.3) is 22.4 Å². The molecule has 4 aromatic rings. The Hall–Kier alpha value is -3.57. The molecular formula is C26H20ClF3N4O3S. The summed E-state index contributed by atoms with van der Waals surface area (Å²) in [5.74, 6) is -0.888. The van der Waals surface area contributed by atoms with Crippen LogP contribution >= 0.6 is 11.6 Å². The molecule has 0 aliphatic heterocycles. The summed E-state index contributed by atoms with van der Waals surface area (Å²) >= 11 is 5.97. The van der Waals surface area contributed by atoms with Crippen LogP contribution in [-0.2, 0) is 16.0 Å². The second-order valence-electron chi connectivity index (χ2n) is 8.99. The van der Waals surface area contributed by atoms with Crippen LogP contribution in [0.1, 0.15) is 47.4 Å². The minimum Gasteiger partial charge on any atom is -0.344 e. The van der Waals surface area contributed by atoms with Gasteiger partial charge in [0.05, 0.1) is 49.2 Å². The molecule has 2 aromatic heterocycles. The van der Waals surface area contributed by atoms with Crippen LogP contribution in [0.5, 0.6) is 0 Å². The maximum absolute atomic E-state index is 13.6. The highest BCUT2D eigenvalue weighted by molar-refractivity contribution is 7.92. The van der Waals surface area contributed by atoms with Crippen molar-refractivity contribution in [3.63, 3.8) is 0 Å². The number of benzene rings is 2. The number of nitrogens with one attached hydrogen (secondary N) is 1. The normalized spacial score (nSPS) is 14.9. The number of hydrogen-bond acceptors (Lipinski definition) is 6. The van der Waals surface area contributed by atoms with E-state index in [2.05, 4.69) is 20.3 Å². The lowest BCUT2D eigenvalue weighted by molar-refractivity contribution is -0.137. The number of rotatable bonds is 6. The van der Waals surface area contributed by atoms with Crippen molar-refractivity contribution < 1.29 is 26.4 Å². The molecule has 1 N–H and O–H groups in total. The van der Waals surface area contributed by atoms with E-state index < -0.39 is 49.2 Å². The van der Waals surface area contributed by atoms with Gasteiger partial charge in [-0.15, -0.1) is 0 Å². The van der Waals surface area contributed by atoms with Gasteiger partial charge in [0.2, 0.25) is 0 Å². The van der Waals surface area contributed by atoms with Gasteiger partial charge in [-0.3, -0.25) is 9.78 Å². The summed E-state index contributed by atoms with van der Waals surface area (Å²) in [7, 11) is -3.98. The van der Waals surface area contributed by atoms with E-state index in [-0.39, 0.29) is 0 Å². The van der Waals surface area contributed by atoms with E-state index in [4.69, 9.17) is 11.6 Å². The molecule has 2 aromatic carbocycles. The van der Waals surface area contributed by atoms with Crippen molar-refractivity contribution in [3.8, 4) is 11.4 Å². The number of sulfone groups is 1. The predicted molar refractivity (Wildman–Crippen MR) is 135 cm³/mol. The SMILES string of the molecule is C[C@H](NC(=O)c1cc(C(F)(F)F)cc(S(=O)(=O)C2CC2)c1)c1nc2ccccc2nc1-c1ccc(Cl)cn1. The summed E-state index contributed by atoms with van der Waals surface area (Å²) in [6.45, 7) is 1.60. The van der Waals surface area contributed by atoms with Crippen LogP contribution in [0.3, 0.4) is 0 Å². The number of amides is 1. The van der Waals surface area contributed by atoms with Crippen molar-refractivity contribution in [2.45, 2.75) is 42.1 Å². The first-order valence-electron chi connectivity index (χ1n) is 11.6. The van der Waals surface area contributed by atoms with Gasteiger partial charge < -0.3 is 5.32 Å². The maximum atomic E-state index is 13.6. The number of para-hydroxylation sites is 2. The van der Waals surface area contributed by atoms with Crippen LogP contribution in [0.2, 0.25) is 5.02 Å². The molecule has 1 amide bonds. The first-order valence-corrected chi connectivity index (χ1v) is 13.5.